The quantitative estimate of drug-likeness (QED) is 0.426. The third-order valence-corrected chi connectivity index (χ3v) is 6.17. The third-order valence-electron chi connectivity index (χ3n) is 6.17. The molecule has 2 aromatic carbocycles. The van der Waals surface area contributed by atoms with E-state index in [0.717, 1.165) is 29.5 Å². The number of allylic oxidation sites excluding steroid dienone is 1. The molecule has 1 heterocycles. The number of carbonyl (C=O) groups excluding carboxylic acids is 3. The Hall–Kier alpha value is -3.41. The minimum atomic E-state index is -0.387. The van der Waals surface area contributed by atoms with Gasteiger partial charge in [0.15, 0.2) is 0 Å². The van der Waals surface area contributed by atoms with E-state index in [1.165, 1.54) is 0 Å². The van der Waals surface area contributed by atoms with Gasteiger partial charge in [0.25, 0.3) is 5.91 Å². The number of rotatable bonds is 9. The lowest BCUT2D eigenvalue weighted by Gasteiger charge is -2.34. The fraction of sp³-hybridized carbons (Fsp3) is 0.393. The van der Waals surface area contributed by atoms with E-state index < -0.39 is 0 Å². The van der Waals surface area contributed by atoms with Gasteiger partial charge in [-0.25, -0.2) is 4.79 Å². The van der Waals surface area contributed by atoms with Gasteiger partial charge in [-0.3, -0.25) is 9.59 Å². The number of benzene rings is 2. The SMILES string of the molecule is CCCCNC(=O)c1ccc(CN2C(=O)C[C@@H](c3ccc(C)cc3)C(C(=O)OCC)=C2C)cc1. The summed E-state index contributed by atoms with van der Waals surface area (Å²) < 4.78 is 5.36. The zero-order valence-corrected chi connectivity index (χ0v) is 20.5. The van der Waals surface area contributed by atoms with Gasteiger partial charge in [-0.2, -0.15) is 0 Å². The molecule has 6 nitrogen and oxygen atoms in total. The summed E-state index contributed by atoms with van der Waals surface area (Å²) in [6, 6.07) is 15.2. The smallest absolute Gasteiger partial charge is 0.336 e. The van der Waals surface area contributed by atoms with Crippen LogP contribution in [0.15, 0.2) is 59.8 Å². The largest absolute Gasteiger partial charge is 0.463 e. The number of amides is 2. The molecular weight excluding hydrogens is 428 g/mol. The van der Waals surface area contributed by atoms with Crippen molar-refractivity contribution in [3.63, 3.8) is 0 Å². The van der Waals surface area contributed by atoms with Crippen LogP contribution in [0.25, 0.3) is 0 Å². The minimum absolute atomic E-state index is 0.0440. The molecule has 180 valence electrons. The Balaban J connectivity index is 1.85. The van der Waals surface area contributed by atoms with E-state index in [1.807, 2.05) is 43.3 Å². The number of esters is 1. The number of ether oxygens (including phenoxy) is 1. The van der Waals surface area contributed by atoms with Crippen LogP contribution in [0.3, 0.4) is 0 Å². The van der Waals surface area contributed by atoms with Gasteiger partial charge >= 0.3 is 5.97 Å². The number of nitrogens with one attached hydrogen (secondary N) is 1. The van der Waals surface area contributed by atoms with Crippen molar-refractivity contribution in [2.75, 3.05) is 13.2 Å². The molecule has 0 saturated heterocycles. The first-order valence-electron chi connectivity index (χ1n) is 12.0. The summed E-state index contributed by atoms with van der Waals surface area (Å²) in [7, 11) is 0. The molecule has 34 heavy (non-hydrogen) atoms. The predicted octanol–water partition coefficient (Wildman–Crippen LogP) is 4.88. The van der Waals surface area contributed by atoms with Crippen LogP contribution in [0.5, 0.6) is 0 Å². The van der Waals surface area contributed by atoms with Crippen LogP contribution >= 0.6 is 0 Å². The summed E-state index contributed by atoms with van der Waals surface area (Å²) in [6.07, 6.45) is 2.17. The van der Waals surface area contributed by atoms with Crippen LogP contribution in [0, 0.1) is 6.92 Å². The maximum absolute atomic E-state index is 13.2. The number of hydrogen-bond acceptors (Lipinski definition) is 4. The van der Waals surface area contributed by atoms with Crippen molar-refractivity contribution in [1.82, 2.24) is 10.2 Å². The first kappa shape index (κ1) is 25.2. The second kappa shape index (κ2) is 11.6. The zero-order valence-electron chi connectivity index (χ0n) is 20.5. The lowest BCUT2D eigenvalue weighted by atomic mass is 9.83. The second-order valence-electron chi connectivity index (χ2n) is 8.67. The highest BCUT2D eigenvalue weighted by molar-refractivity contribution is 5.96. The Bertz CT molecular complexity index is 1050. The fourth-order valence-corrected chi connectivity index (χ4v) is 4.19. The lowest BCUT2D eigenvalue weighted by Crippen LogP contribution is -2.38. The Morgan fingerprint density at radius 3 is 2.32 bits per heavy atom. The summed E-state index contributed by atoms with van der Waals surface area (Å²) in [6.45, 7) is 8.92. The lowest BCUT2D eigenvalue weighted by molar-refractivity contribution is -0.140. The van der Waals surface area contributed by atoms with E-state index in [-0.39, 0.29) is 36.7 Å². The highest BCUT2D eigenvalue weighted by Gasteiger charge is 2.36. The van der Waals surface area contributed by atoms with Crippen LogP contribution < -0.4 is 5.32 Å². The van der Waals surface area contributed by atoms with Gasteiger partial charge in [-0.1, -0.05) is 55.3 Å². The molecule has 3 rings (SSSR count). The minimum Gasteiger partial charge on any atom is -0.463 e. The van der Waals surface area contributed by atoms with E-state index in [0.29, 0.717) is 29.9 Å². The highest BCUT2D eigenvalue weighted by Crippen LogP contribution is 2.37. The summed E-state index contributed by atoms with van der Waals surface area (Å²) in [4.78, 5) is 40.0. The molecule has 0 bridgehead atoms. The van der Waals surface area contributed by atoms with Crippen molar-refractivity contribution in [2.45, 2.75) is 59.4 Å². The Morgan fingerprint density at radius 1 is 1.03 bits per heavy atom. The Labute approximate surface area is 202 Å². The fourth-order valence-electron chi connectivity index (χ4n) is 4.19. The van der Waals surface area contributed by atoms with Crippen LogP contribution in [-0.2, 0) is 20.9 Å². The third kappa shape index (κ3) is 5.93. The monoisotopic (exact) mass is 462 g/mol. The molecule has 0 aromatic heterocycles. The average molecular weight is 463 g/mol. The topological polar surface area (TPSA) is 75.7 Å². The van der Waals surface area contributed by atoms with E-state index in [4.69, 9.17) is 4.74 Å². The van der Waals surface area contributed by atoms with Gasteiger partial charge in [0.1, 0.15) is 0 Å². The molecule has 0 spiro atoms. The number of carbonyl (C=O) groups is 3. The van der Waals surface area contributed by atoms with E-state index in [1.54, 1.807) is 30.9 Å². The normalized spacial score (nSPS) is 15.9. The summed E-state index contributed by atoms with van der Waals surface area (Å²) >= 11 is 0. The zero-order chi connectivity index (χ0) is 24.7. The molecular formula is C28H34N2O4. The molecule has 2 aromatic rings. The summed E-state index contributed by atoms with van der Waals surface area (Å²) in [5.74, 6) is -0.868. The van der Waals surface area contributed by atoms with Crippen LogP contribution in [0.1, 0.15) is 73.0 Å². The van der Waals surface area contributed by atoms with E-state index in [2.05, 4.69) is 12.2 Å². The molecule has 6 heteroatoms. The van der Waals surface area contributed by atoms with E-state index in [9.17, 15) is 14.4 Å². The highest BCUT2D eigenvalue weighted by atomic mass is 16.5. The molecule has 0 fully saturated rings. The maximum Gasteiger partial charge on any atom is 0.336 e. The van der Waals surface area contributed by atoms with Crippen molar-refractivity contribution in [2.24, 2.45) is 0 Å². The molecule has 0 saturated carbocycles. The first-order chi connectivity index (χ1) is 16.3. The maximum atomic E-state index is 13.2. The first-order valence-corrected chi connectivity index (χ1v) is 12.0. The molecule has 0 radical (unpaired) electrons. The number of hydrogen-bond donors (Lipinski definition) is 1. The van der Waals surface area contributed by atoms with Crippen LogP contribution in [-0.4, -0.2) is 35.8 Å². The van der Waals surface area contributed by atoms with Gasteiger partial charge in [-0.05, 0) is 50.5 Å². The van der Waals surface area contributed by atoms with Gasteiger partial charge in [0.2, 0.25) is 5.91 Å². The van der Waals surface area contributed by atoms with Crippen LogP contribution in [0.4, 0.5) is 0 Å². The second-order valence-corrected chi connectivity index (χ2v) is 8.67. The molecule has 2 amide bonds. The van der Waals surface area contributed by atoms with Gasteiger partial charge in [0, 0.05) is 30.1 Å². The Kier molecular flexibility index (Phi) is 8.63. The van der Waals surface area contributed by atoms with Crippen molar-refractivity contribution in [3.05, 3.63) is 82.1 Å². The Morgan fingerprint density at radius 2 is 1.71 bits per heavy atom. The van der Waals surface area contributed by atoms with Crippen LogP contribution in [0.2, 0.25) is 0 Å². The molecule has 1 atom stereocenters. The van der Waals surface area contributed by atoms with Gasteiger partial charge in [-0.15, -0.1) is 0 Å². The van der Waals surface area contributed by atoms with Crippen molar-refractivity contribution >= 4 is 17.8 Å². The molecule has 1 N–H and O–H groups in total. The van der Waals surface area contributed by atoms with Crippen molar-refractivity contribution < 1.29 is 19.1 Å². The summed E-state index contributed by atoms with van der Waals surface area (Å²) in [5, 5.41) is 2.91. The molecule has 0 unspecified atom stereocenters. The number of aryl methyl sites for hydroxylation is 1. The van der Waals surface area contributed by atoms with Gasteiger partial charge in [0.05, 0.1) is 18.7 Å². The average Bonchev–Trinajstić information content (AvgIpc) is 2.82. The predicted molar refractivity (Wildman–Crippen MR) is 132 cm³/mol. The standard InChI is InChI=1S/C28H34N2O4/c1-5-7-16-29-27(32)23-14-10-21(11-15-23)18-30-20(4)26(28(33)34-6-2)24(17-25(30)31)22-12-8-19(3)9-13-22/h8-15,24H,5-7,16-18H2,1-4H3,(H,29,32)/t24-/m0/s1. The summed E-state index contributed by atoms with van der Waals surface area (Å²) in [5.41, 5.74) is 4.66. The van der Waals surface area contributed by atoms with Gasteiger partial charge < -0.3 is 15.0 Å². The van der Waals surface area contributed by atoms with Crippen molar-refractivity contribution in [3.8, 4) is 0 Å². The van der Waals surface area contributed by atoms with Crippen molar-refractivity contribution in [1.29, 1.82) is 0 Å². The molecule has 0 aliphatic carbocycles. The molecule has 1 aliphatic heterocycles. The molecule has 1 aliphatic rings. The van der Waals surface area contributed by atoms with E-state index >= 15 is 0 Å². The number of unbranched alkanes of at least 4 members (excludes halogenated alkanes) is 1. The number of nitrogens with zero attached hydrogens (tertiary/aromatic N) is 1.